The Morgan fingerprint density at radius 3 is 2.26 bits per heavy atom. The molecule has 106 valence electrons. The summed E-state index contributed by atoms with van der Waals surface area (Å²) in [6, 6.07) is 8.94. The lowest BCUT2D eigenvalue weighted by Gasteiger charge is -2.28. The van der Waals surface area contributed by atoms with E-state index in [2.05, 4.69) is 5.32 Å². The first-order valence-corrected chi connectivity index (χ1v) is 8.67. The quantitative estimate of drug-likeness (QED) is 0.926. The van der Waals surface area contributed by atoms with Gasteiger partial charge in [-0.2, -0.15) is 0 Å². The van der Waals surface area contributed by atoms with Gasteiger partial charge in [0.1, 0.15) is 0 Å². The number of hydrogen-bond acceptors (Lipinski definition) is 3. The fourth-order valence-corrected chi connectivity index (χ4v) is 5.00. The number of benzene rings is 1. The van der Waals surface area contributed by atoms with Gasteiger partial charge in [-0.1, -0.05) is 43.9 Å². The van der Waals surface area contributed by atoms with Crippen LogP contribution in [0.5, 0.6) is 0 Å². The highest BCUT2D eigenvalue weighted by molar-refractivity contribution is 7.92. The van der Waals surface area contributed by atoms with Crippen LogP contribution in [0.1, 0.15) is 38.5 Å². The zero-order chi connectivity index (χ0) is 13.7. The van der Waals surface area contributed by atoms with Crippen molar-refractivity contribution in [3.05, 3.63) is 30.3 Å². The van der Waals surface area contributed by atoms with Crippen LogP contribution < -0.4 is 5.32 Å². The van der Waals surface area contributed by atoms with E-state index in [-0.39, 0.29) is 11.3 Å². The van der Waals surface area contributed by atoms with Crippen LogP contribution in [0.4, 0.5) is 0 Å². The van der Waals surface area contributed by atoms with Crippen molar-refractivity contribution in [2.75, 3.05) is 7.05 Å². The molecule has 1 aromatic rings. The fourth-order valence-electron chi connectivity index (χ4n) is 2.94. The molecular weight excluding hydrogens is 258 g/mol. The van der Waals surface area contributed by atoms with Crippen molar-refractivity contribution in [1.29, 1.82) is 0 Å². The van der Waals surface area contributed by atoms with Crippen LogP contribution >= 0.6 is 0 Å². The Hall–Kier alpha value is -0.870. The molecule has 0 spiro atoms. The first-order chi connectivity index (χ1) is 9.16. The lowest BCUT2D eigenvalue weighted by molar-refractivity contribution is 0.405. The molecule has 0 heterocycles. The van der Waals surface area contributed by atoms with Crippen LogP contribution in [-0.2, 0) is 9.84 Å². The smallest absolute Gasteiger partial charge is 0.182 e. The molecule has 2 rings (SSSR count). The molecule has 19 heavy (non-hydrogen) atoms. The summed E-state index contributed by atoms with van der Waals surface area (Å²) in [5.41, 5.74) is 0. The molecule has 0 radical (unpaired) electrons. The Morgan fingerprint density at radius 2 is 1.63 bits per heavy atom. The second kappa shape index (κ2) is 6.53. The number of rotatable bonds is 3. The minimum Gasteiger partial charge on any atom is -0.316 e. The summed E-state index contributed by atoms with van der Waals surface area (Å²) in [5.74, 6) is 0. The van der Waals surface area contributed by atoms with Gasteiger partial charge in [-0.05, 0) is 32.0 Å². The first-order valence-electron chi connectivity index (χ1n) is 7.12. The molecule has 0 saturated heterocycles. The molecule has 3 nitrogen and oxygen atoms in total. The fraction of sp³-hybridized carbons (Fsp3) is 0.600. The van der Waals surface area contributed by atoms with Crippen LogP contribution in [0.15, 0.2) is 35.2 Å². The van der Waals surface area contributed by atoms with E-state index in [1.165, 1.54) is 6.42 Å². The van der Waals surface area contributed by atoms with Gasteiger partial charge in [-0.25, -0.2) is 8.42 Å². The molecule has 4 heteroatoms. The highest BCUT2D eigenvalue weighted by atomic mass is 32.2. The summed E-state index contributed by atoms with van der Waals surface area (Å²) in [4.78, 5) is 0.459. The monoisotopic (exact) mass is 281 g/mol. The summed E-state index contributed by atoms with van der Waals surface area (Å²) < 4.78 is 25.6. The minimum absolute atomic E-state index is 0.0745. The third-order valence-corrected chi connectivity index (χ3v) is 6.33. The number of nitrogens with one attached hydrogen (secondary N) is 1. The van der Waals surface area contributed by atoms with E-state index in [1.54, 1.807) is 24.3 Å². The predicted octanol–water partition coefficient (Wildman–Crippen LogP) is 2.77. The zero-order valence-electron chi connectivity index (χ0n) is 11.5. The molecule has 1 aromatic carbocycles. The Labute approximate surface area is 116 Å². The van der Waals surface area contributed by atoms with Crippen molar-refractivity contribution in [3.8, 4) is 0 Å². The molecule has 1 N–H and O–H groups in total. The van der Waals surface area contributed by atoms with Crippen molar-refractivity contribution < 1.29 is 8.42 Å². The Kier molecular flexibility index (Phi) is 4.99. The summed E-state index contributed by atoms with van der Waals surface area (Å²) in [6.45, 7) is 0. The molecule has 2 atom stereocenters. The Morgan fingerprint density at radius 1 is 1.00 bits per heavy atom. The van der Waals surface area contributed by atoms with E-state index in [0.29, 0.717) is 4.90 Å². The average molecular weight is 281 g/mol. The predicted molar refractivity (Wildman–Crippen MR) is 78.0 cm³/mol. The molecule has 1 aliphatic rings. The summed E-state index contributed by atoms with van der Waals surface area (Å²) >= 11 is 0. The third kappa shape index (κ3) is 3.37. The maximum absolute atomic E-state index is 12.8. The average Bonchev–Trinajstić information content (AvgIpc) is 2.39. The van der Waals surface area contributed by atoms with Crippen molar-refractivity contribution in [1.82, 2.24) is 5.32 Å². The van der Waals surface area contributed by atoms with Gasteiger partial charge in [0.25, 0.3) is 0 Å². The number of hydrogen-bond donors (Lipinski definition) is 1. The molecule has 2 unspecified atom stereocenters. The second-order valence-electron chi connectivity index (χ2n) is 5.28. The maximum Gasteiger partial charge on any atom is 0.182 e. The molecule has 0 amide bonds. The van der Waals surface area contributed by atoms with Gasteiger partial charge < -0.3 is 5.32 Å². The van der Waals surface area contributed by atoms with Gasteiger partial charge in [0.05, 0.1) is 10.1 Å². The summed E-state index contributed by atoms with van der Waals surface area (Å²) in [6.07, 6.45) is 6.21. The van der Waals surface area contributed by atoms with Crippen LogP contribution in [0.2, 0.25) is 0 Å². The van der Waals surface area contributed by atoms with E-state index < -0.39 is 9.84 Å². The van der Waals surface area contributed by atoms with Crippen LogP contribution in [-0.4, -0.2) is 26.8 Å². The standard InChI is InChI=1S/C15H23NO2S/c1-16-14-11-7-2-3-8-12-15(14)19(17,18)13-9-5-4-6-10-13/h4-6,9-10,14-16H,2-3,7-8,11-12H2,1H3. The molecule has 1 fully saturated rings. The molecular formula is C15H23NO2S. The van der Waals surface area contributed by atoms with Crippen LogP contribution in [0.3, 0.4) is 0 Å². The molecule has 0 bridgehead atoms. The lowest BCUT2D eigenvalue weighted by atomic mass is 9.96. The van der Waals surface area contributed by atoms with E-state index in [0.717, 1.165) is 32.1 Å². The van der Waals surface area contributed by atoms with Gasteiger partial charge >= 0.3 is 0 Å². The Balaban J connectivity index is 2.29. The molecule has 1 aliphatic carbocycles. The van der Waals surface area contributed by atoms with Gasteiger partial charge in [0, 0.05) is 6.04 Å². The minimum atomic E-state index is -3.23. The van der Waals surface area contributed by atoms with Crippen molar-refractivity contribution in [2.45, 2.75) is 54.7 Å². The topological polar surface area (TPSA) is 46.2 Å². The van der Waals surface area contributed by atoms with Crippen LogP contribution in [0, 0.1) is 0 Å². The molecule has 0 aliphatic heterocycles. The molecule has 1 saturated carbocycles. The summed E-state index contributed by atoms with van der Waals surface area (Å²) in [5, 5.41) is 2.93. The van der Waals surface area contributed by atoms with Crippen LogP contribution in [0.25, 0.3) is 0 Å². The largest absolute Gasteiger partial charge is 0.316 e. The molecule has 0 aromatic heterocycles. The zero-order valence-corrected chi connectivity index (χ0v) is 12.3. The van der Waals surface area contributed by atoms with Gasteiger partial charge in [-0.15, -0.1) is 0 Å². The lowest BCUT2D eigenvalue weighted by Crippen LogP contribution is -2.43. The third-order valence-electron chi connectivity index (χ3n) is 4.04. The van der Waals surface area contributed by atoms with Crippen molar-refractivity contribution >= 4 is 9.84 Å². The summed E-state index contributed by atoms with van der Waals surface area (Å²) in [7, 11) is -1.35. The van der Waals surface area contributed by atoms with E-state index in [1.807, 2.05) is 13.1 Å². The van der Waals surface area contributed by atoms with Gasteiger partial charge in [0.2, 0.25) is 0 Å². The van der Waals surface area contributed by atoms with E-state index in [4.69, 9.17) is 0 Å². The van der Waals surface area contributed by atoms with Gasteiger partial charge in [-0.3, -0.25) is 0 Å². The van der Waals surface area contributed by atoms with E-state index in [9.17, 15) is 8.42 Å². The van der Waals surface area contributed by atoms with Crippen molar-refractivity contribution in [2.24, 2.45) is 0 Å². The normalized spacial score (nSPS) is 25.5. The SMILES string of the molecule is CNC1CCCCCCC1S(=O)(=O)c1ccccc1. The highest BCUT2D eigenvalue weighted by Gasteiger charge is 2.33. The second-order valence-corrected chi connectivity index (χ2v) is 7.45. The highest BCUT2D eigenvalue weighted by Crippen LogP contribution is 2.27. The Bertz CT molecular complexity index is 484. The van der Waals surface area contributed by atoms with E-state index >= 15 is 0 Å². The van der Waals surface area contributed by atoms with Crippen molar-refractivity contribution in [3.63, 3.8) is 0 Å². The maximum atomic E-state index is 12.8. The van der Waals surface area contributed by atoms with Gasteiger partial charge in [0.15, 0.2) is 9.84 Å². The number of sulfone groups is 1. The first kappa shape index (κ1) is 14.5.